The Morgan fingerprint density at radius 3 is 2.63 bits per heavy atom. The molecular weight excluding hydrogens is 248 g/mol. The van der Waals surface area contributed by atoms with Crippen LogP contribution in [0.2, 0.25) is 0 Å². The monoisotopic (exact) mass is 269 g/mol. The van der Waals surface area contributed by atoms with Crippen molar-refractivity contribution in [3.8, 4) is 0 Å². The second-order valence-corrected chi connectivity index (χ2v) is 6.04. The highest BCUT2D eigenvalue weighted by Gasteiger charge is 2.45. The number of hydrogen-bond acceptors (Lipinski definition) is 1. The highest BCUT2D eigenvalue weighted by molar-refractivity contribution is 5.37. The Kier molecular flexibility index (Phi) is 3.16. The molecule has 106 valence electrons. The molecule has 3 rings (SSSR count). The topological polar surface area (TPSA) is 25.2 Å². The van der Waals surface area contributed by atoms with Crippen molar-refractivity contribution in [2.75, 3.05) is 0 Å². The van der Waals surface area contributed by atoms with Crippen LogP contribution in [0.25, 0.3) is 0 Å². The van der Waals surface area contributed by atoms with Crippen LogP contribution in [0.1, 0.15) is 67.5 Å². The lowest BCUT2D eigenvalue weighted by atomic mass is 9.88. The molecule has 0 aromatic carbocycles. The molecular formula is C15H21F2NO. The van der Waals surface area contributed by atoms with Crippen LogP contribution in [-0.4, -0.2) is 15.6 Å². The normalized spacial score (nSPS) is 27.3. The highest BCUT2D eigenvalue weighted by atomic mass is 19.3. The van der Waals surface area contributed by atoms with E-state index in [4.69, 9.17) is 0 Å². The minimum absolute atomic E-state index is 0.239. The molecule has 2 aliphatic carbocycles. The standard InChI is InChI=1S/C15H21F2NO/c1-10-9-18(11-5-3-2-4-6-11)12-7-8-15(16,17)14(19)13(10)12/h9,11,14,19H,2-8H2,1H3. The Morgan fingerprint density at radius 2 is 1.95 bits per heavy atom. The first kappa shape index (κ1) is 13.1. The second kappa shape index (κ2) is 4.58. The summed E-state index contributed by atoms with van der Waals surface area (Å²) < 4.78 is 29.5. The number of nitrogens with zero attached hydrogens (tertiary/aromatic N) is 1. The van der Waals surface area contributed by atoms with E-state index < -0.39 is 12.0 Å². The summed E-state index contributed by atoms with van der Waals surface area (Å²) in [6.07, 6.45) is 6.47. The Hall–Kier alpha value is -0.900. The zero-order valence-corrected chi connectivity index (χ0v) is 11.3. The molecule has 4 heteroatoms. The molecule has 1 atom stereocenters. The lowest BCUT2D eigenvalue weighted by Gasteiger charge is -2.31. The number of rotatable bonds is 1. The van der Waals surface area contributed by atoms with Gasteiger partial charge in [-0.25, -0.2) is 8.78 Å². The quantitative estimate of drug-likeness (QED) is 0.821. The molecule has 19 heavy (non-hydrogen) atoms. The lowest BCUT2D eigenvalue weighted by molar-refractivity contribution is -0.122. The zero-order chi connectivity index (χ0) is 13.6. The van der Waals surface area contributed by atoms with Crippen LogP contribution in [-0.2, 0) is 6.42 Å². The van der Waals surface area contributed by atoms with Crippen LogP contribution in [0, 0.1) is 6.92 Å². The van der Waals surface area contributed by atoms with Gasteiger partial charge in [0, 0.05) is 29.9 Å². The minimum Gasteiger partial charge on any atom is -0.382 e. The molecule has 1 saturated carbocycles. The largest absolute Gasteiger partial charge is 0.382 e. The molecule has 2 nitrogen and oxygen atoms in total. The molecule has 1 unspecified atom stereocenters. The van der Waals surface area contributed by atoms with Gasteiger partial charge < -0.3 is 9.67 Å². The fraction of sp³-hybridized carbons (Fsp3) is 0.733. The number of halogens is 2. The maximum Gasteiger partial charge on any atom is 0.278 e. The summed E-state index contributed by atoms with van der Waals surface area (Å²) in [4.78, 5) is 0. The predicted octanol–water partition coefficient (Wildman–Crippen LogP) is 3.92. The van der Waals surface area contributed by atoms with Crippen LogP contribution in [0.3, 0.4) is 0 Å². The first-order valence-electron chi connectivity index (χ1n) is 7.27. The predicted molar refractivity (Wildman–Crippen MR) is 69.5 cm³/mol. The van der Waals surface area contributed by atoms with Gasteiger partial charge in [0.25, 0.3) is 5.92 Å². The fourth-order valence-electron chi connectivity index (χ4n) is 3.68. The Bertz CT molecular complexity index is 475. The number of fused-ring (bicyclic) bond motifs is 1. The first-order valence-corrected chi connectivity index (χ1v) is 7.27. The molecule has 1 aromatic heterocycles. The first-order chi connectivity index (χ1) is 9.00. The van der Waals surface area contributed by atoms with Gasteiger partial charge in [-0.2, -0.15) is 0 Å². The van der Waals surface area contributed by atoms with Gasteiger partial charge in [0.05, 0.1) is 0 Å². The summed E-state index contributed by atoms with van der Waals surface area (Å²) in [5.74, 6) is -2.98. The molecule has 1 aromatic rings. The molecule has 1 fully saturated rings. The third kappa shape index (κ3) is 2.10. The number of alkyl halides is 2. The van der Waals surface area contributed by atoms with Crippen molar-refractivity contribution in [3.63, 3.8) is 0 Å². The Balaban J connectivity index is 1.99. The van der Waals surface area contributed by atoms with Gasteiger partial charge >= 0.3 is 0 Å². The van der Waals surface area contributed by atoms with Gasteiger partial charge in [0.1, 0.15) is 6.10 Å². The van der Waals surface area contributed by atoms with Gasteiger partial charge in [-0.05, 0) is 31.7 Å². The number of aryl methyl sites for hydroxylation is 1. The van der Waals surface area contributed by atoms with Crippen molar-refractivity contribution in [3.05, 3.63) is 23.0 Å². The van der Waals surface area contributed by atoms with Gasteiger partial charge in [-0.15, -0.1) is 0 Å². The average Bonchev–Trinajstić information content (AvgIpc) is 2.73. The second-order valence-electron chi connectivity index (χ2n) is 6.04. The molecule has 0 bridgehead atoms. The van der Waals surface area contributed by atoms with E-state index in [1.807, 2.05) is 13.1 Å². The van der Waals surface area contributed by atoms with Gasteiger partial charge in [0.15, 0.2) is 0 Å². The molecule has 0 spiro atoms. The maximum absolute atomic E-state index is 13.6. The van der Waals surface area contributed by atoms with Crippen molar-refractivity contribution in [1.29, 1.82) is 0 Å². The SMILES string of the molecule is Cc1cn(C2CCCCC2)c2c1C(O)C(F)(F)CC2. The Morgan fingerprint density at radius 1 is 1.26 bits per heavy atom. The van der Waals surface area contributed by atoms with E-state index >= 15 is 0 Å². The van der Waals surface area contributed by atoms with Crippen LogP contribution >= 0.6 is 0 Å². The molecule has 0 amide bonds. The number of aliphatic hydroxyl groups excluding tert-OH is 1. The zero-order valence-electron chi connectivity index (χ0n) is 11.3. The van der Waals surface area contributed by atoms with Crippen molar-refractivity contribution in [1.82, 2.24) is 4.57 Å². The summed E-state index contributed by atoms with van der Waals surface area (Å²) in [6.45, 7) is 1.84. The summed E-state index contributed by atoms with van der Waals surface area (Å²) in [5.41, 5.74) is 2.25. The lowest BCUT2D eigenvalue weighted by Crippen LogP contribution is -2.33. The van der Waals surface area contributed by atoms with Crippen LogP contribution in [0.5, 0.6) is 0 Å². The molecule has 1 heterocycles. The molecule has 0 aliphatic heterocycles. The molecule has 0 radical (unpaired) electrons. The van der Waals surface area contributed by atoms with E-state index in [0.29, 0.717) is 18.0 Å². The molecule has 2 aliphatic rings. The van der Waals surface area contributed by atoms with Crippen LogP contribution < -0.4 is 0 Å². The third-order valence-corrected chi connectivity index (χ3v) is 4.72. The summed E-state index contributed by atoms with van der Waals surface area (Å²) in [6, 6.07) is 0.440. The van der Waals surface area contributed by atoms with E-state index in [2.05, 4.69) is 4.57 Å². The summed E-state index contributed by atoms with van der Waals surface area (Å²) >= 11 is 0. The van der Waals surface area contributed by atoms with Gasteiger partial charge in [-0.1, -0.05) is 19.3 Å². The van der Waals surface area contributed by atoms with E-state index in [9.17, 15) is 13.9 Å². The fourth-order valence-corrected chi connectivity index (χ4v) is 3.68. The van der Waals surface area contributed by atoms with Crippen molar-refractivity contribution in [2.24, 2.45) is 0 Å². The third-order valence-electron chi connectivity index (χ3n) is 4.72. The van der Waals surface area contributed by atoms with Gasteiger partial charge in [-0.3, -0.25) is 0 Å². The van der Waals surface area contributed by atoms with Crippen LogP contribution in [0.15, 0.2) is 6.20 Å². The smallest absolute Gasteiger partial charge is 0.278 e. The van der Waals surface area contributed by atoms with Crippen molar-refractivity contribution in [2.45, 2.75) is 69.9 Å². The number of aliphatic hydroxyl groups is 1. The van der Waals surface area contributed by atoms with Crippen molar-refractivity contribution < 1.29 is 13.9 Å². The number of aromatic nitrogens is 1. The minimum atomic E-state index is -2.98. The van der Waals surface area contributed by atoms with E-state index in [1.54, 1.807) is 0 Å². The summed E-state index contributed by atoms with van der Waals surface area (Å²) in [5, 5.41) is 9.92. The molecule has 0 saturated heterocycles. The highest BCUT2D eigenvalue weighted by Crippen LogP contribution is 2.45. The number of hydrogen-bond donors (Lipinski definition) is 1. The van der Waals surface area contributed by atoms with E-state index in [1.165, 1.54) is 19.3 Å². The molecule has 1 N–H and O–H groups in total. The van der Waals surface area contributed by atoms with Gasteiger partial charge in [0.2, 0.25) is 0 Å². The van der Waals surface area contributed by atoms with E-state index in [0.717, 1.165) is 24.1 Å². The maximum atomic E-state index is 13.6. The van der Waals surface area contributed by atoms with Crippen LogP contribution in [0.4, 0.5) is 8.78 Å². The van der Waals surface area contributed by atoms with Crippen molar-refractivity contribution >= 4 is 0 Å². The average molecular weight is 269 g/mol. The van der Waals surface area contributed by atoms with E-state index in [-0.39, 0.29) is 6.42 Å². The Labute approximate surface area is 112 Å². The summed E-state index contributed by atoms with van der Waals surface area (Å²) in [7, 11) is 0.